The molecular weight excluding hydrogens is 356 g/mol. The molecule has 0 aromatic rings. The van der Waals surface area contributed by atoms with E-state index >= 15 is 0 Å². The largest absolute Gasteiger partial charge is 0.481 e. The van der Waals surface area contributed by atoms with Gasteiger partial charge in [-0.15, -0.1) is 0 Å². The molecule has 0 aliphatic heterocycles. The van der Waals surface area contributed by atoms with Gasteiger partial charge in [0.05, 0.1) is 18.3 Å². The molecule has 2 aliphatic rings. The molecule has 160 valence electrons. The maximum atomic E-state index is 10.8. The van der Waals surface area contributed by atoms with Crippen molar-refractivity contribution in [3.8, 4) is 0 Å². The second-order valence-corrected chi connectivity index (χ2v) is 8.75. The molecule has 0 aromatic heterocycles. The van der Waals surface area contributed by atoms with Gasteiger partial charge in [-0.3, -0.25) is 4.79 Å². The van der Waals surface area contributed by atoms with E-state index in [0.29, 0.717) is 25.7 Å². The Hall–Kier alpha value is -1.17. The minimum absolute atomic E-state index is 0.00816. The van der Waals surface area contributed by atoms with Crippen molar-refractivity contribution in [2.75, 3.05) is 0 Å². The highest BCUT2D eigenvalue weighted by atomic mass is 16.4. The third-order valence-corrected chi connectivity index (χ3v) is 6.77. The van der Waals surface area contributed by atoms with E-state index in [9.17, 15) is 20.1 Å². The quantitative estimate of drug-likeness (QED) is 0.298. The van der Waals surface area contributed by atoms with E-state index in [2.05, 4.69) is 6.92 Å². The summed E-state index contributed by atoms with van der Waals surface area (Å²) in [6.07, 6.45) is 15.2. The van der Waals surface area contributed by atoms with Crippen LogP contribution in [0.1, 0.15) is 77.6 Å². The highest BCUT2D eigenvalue weighted by Crippen LogP contribution is 2.48. The maximum Gasteiger partial charge on any atom is 0.303 e. The third-order valence-electron chi connectivity index (χ3n) is 6.77. The van der Waals surface area contributed by atoms with Crippen LogP contribution in [-0.4, -0.2) is 44.7 Å². The summed E-state index contributed by atoms with van der Waals surface area (Å²) in [5.74, 6) is -1.01. The van der Waals surface area contributed by atoms with E-state index in [-0.39, 0.29) is 23.7 Å². The zero-order valence-corrected chi connectivity index (χ0v) is 17.2. The van der Waals surface area contributed by atoms with E-state index < -0.39 is 24.3 Å². The number of aliphatic hydroxyl groups is 3. The fourth-order valence-electron chi connectivity index (χ4n) is 4.74. The zero-order valence-electron chi connectivity index (χ0n) is 17.2. The molecule has 0 saturated heterocycles. The van der Waals surface area contributed by atoms with Gasteiger partial charge >= 0.3 is 5.97 Å². The summed E-state index contributed by atoms with van der Waals surface area (Å²) in [6.45, 7) is 2.17. The first-order valence-corrected chi connectivity index (χ1v) is 11.0. The second kappa shape index (κ2) is 11.1. The van der Waals surface area contributed by atoms with Crippen molar-refractivity contribution in [1.29, 1.82) is 0 Å². The van der Waals surface area contributed by atoms with Gasteiger partial charge in [-0.25, -0.2) is 0 Å². The van der Waals surface area contributed by atoms with Gasteiger partial charge in [-0.1, -0.05) is 50.5 Å². The summed E-state index contributed by atoms with van der Waals surface area (Å²) < 4.78 is 0. The third kappa shape index (κ3) is 6.16. The number of hydrogen-bond donors (Lipinski definition) is 4. The number of allylic oxidation sites excluding steroid dienone is 2. The number of carbonyl (C=O) groups is 1. The lowest BCUT2D eigenvalue weighted by molar-refractivity contribution is -0.137. The second-order valence-electron chi connectivity index (χ2n) is 8.75. The molecule has 0 radical (unpaired) electrons. The standard InChI is InChI=1S/C23H38O5/c1-2-3-13-23(14-8-15-23)21(26)12-11-18-17(19(24)16-20(18)25)9-6-4-5-7-10-22(27)28/h4,6,11-12,17-21,24-26H,2-3,5,7-10,13-16H2,1H3,(H,27,28)/b6-4-,12-11+/t17-,18-,19-,20-,21?/m1/s1. The molecule has 0 bridgehead atoms. The minimum Gasteiger partial charge on any atom is -0.481 e. The van der Waals surface area contributed by atoms with Crippen molar-refractivity contribution in [2.45, 2.75) is 95.9 Å². The first-order valence-electron chi connectivity index (χ1n) is 11.0. The Labute approximate surface area is 169 Å². The van der Waals surface area contributed by atoms with Crippen LogP contribution in [0.2, 0.25) is 0 Å². The molecule has 28 heavy (non-hydrogen) atoms. The molecule has 5 heteroatoms. The van der Waals surface area contributed by atoms with Gasteiger partial charge in [0.2, 0.25) is 0 Å². The van der Waals surface area contributed by atoms with Gasteiger partial charge in [0.15, 0.2) is 0 Å². The van der Waals surface area contributed by atoms with Crippen LogP contribution in [0.4, 0.5) is 0 Å². The summed E-state index contributed by atoms with van der Waals surface area (Å²) in [6, 6.07) is 0. The van der Waals surface area contributed by atoms with Crippen molar-refractivity contribution >= 4 is 5.97 Å². The highest BCUT2D eigenvalue weighted by Gasteiger charge is 2.43. The summed E-state index contributed by atoms with van der Waals surface area (Å²) >= 11 is 0. The Morgan fingerprint density at radius 2 is 1.93 bits per heavy atom. The number of unbranched alkanes of at least 4 members (excludes halogenated alkanes) is 2. The van der Waals surface area contributed by atoms with Crippen molar-refractivity contribution in [2.24, 2.45) is 17.3 Å². The van der Waals surface area contributed by atoms with E-state index in [4.69, 9.17) is 5.11 Å². The van der Waals surface area contributed by atoms with E-state index in [1.54, 1.807) is 0 Å². The van der Waals surface area contributed by atoms with E-state index in [0.717, 1.165) is 32.1 Å². The average molecular weight is 395 g/mol. The Bertz CT molecular complexity index is 537. The molecule has 2 rings (SSSR count). The Kier molecular flexibility index (Phi) is 9.19. The smallest absolute Gasteiger partial charge is 0.303 e. The van der Waals surface area contributed by atoms with Crippen LogP contribution >= 0.6 is 0 Å². The predicted molar refractivity (Wildman–Crippen MR) is 110 cm³/mol. The van der Waals surface area contributed by atoms with Crippen LogP contribution in [0.15, 0.2) is 24.3 Å². The molecule has 0 heterocycles. The van der Waals surface area contributed by atoms with Crippen LogP contribution in [0.3, 0.4) is 0 Å². The van der Waals surface area contributed by atoms with E-state index in [1.807, 2.05) is 24.3 Å². The number of rotatable bonds is 12. The van der Waals surface area contributed by atoms with Crippen molar-refractivity contribution in [3.63, 3.8) is 0 Å². The Balaban J connectivity index is 1.90. The van der Waals surface area contributed by atoms with Crippen molar-refractivity contribution in [3.05, 3.63) is 24.3 Å². The van der Waals surface area contributed by atoms with Crippen LogP contribution in [0.5, 0.6) is 0 Å². The van der Waals surface area contributed by atoms with Gasteiger partial charge in [0.25, 0.3) is 0 Å². The average Bonchev–Trinajstić information content (AvgIpc) is 2.88. The first-order chi connectivity index (χ1) is 13.4. The predicted octanol–water partition coefficient (Wildman–Crippen LogP) is 3.82. The molecule has 2 aliphatic carbocycles. The molecule has 2 fully saturated rings. The topological polar surface area (TPSA) is 98.0 Å². The Morgan fingerprint density at radius 1 is 1.18 bits per heavy atom. The lowest BCUT2D eigenvalue weighted by Crippen LogP contribution is -2.40. The van der Waals surface area contributed by atoms with Crippen LogP contribution in [-0.2, 0) is 4.79 Å². The summed E-state index contributed by atoms with van der Waals surface area (Å²) in [5, 5.41) is 40.1. The monoisotopic (exact) mass is 394 g/mol. The van der Waals surface area contributed by atoms with Crippen molar-refractivity contribution < 1.29 is 25.2 Å². The number of aliphatic hydroxyl groups excluding tert-OH is 3. The van der Waals surface area contributed by atoms with Gasteiger partial charge in [0, 0.05) is 18.8 Å². The van der Waals surface area contributed by atoms with Crippen LogP contribution < -0.4 is 0 Å². The lowest BCUT2D eigenvalue weighted by atomic mass is 9.62. The molecule has 0 aromatic carbocycles. The molecule has 2 saturated carbocycles. The van der Waals surface area contributed by atoms with Gasteiger partial charge in [0.1, 0.15) is 0 Å². The SMILES string of the molecule is CCCCC1(C(O)/C=C/[C@@H]2[C@@H](C/C=C\CCCC(=O)O)[C@H](O)C[C@H]2O)CCC1. The normalized spacial score (nSPS) is 30.7. The van der Waals surface area contributed by atoms with E-state index in [1.165, 1.54) is 6.42 Å². The van der Waals surface area contributed by atoms with Crippen molar-refractivity contribution in [1.82, 2.24) is 0 Å². The molecule has 5 atom stereocenters. The molecule has 0 spiro atoms. The Morgan fingerprint density at radius 3 is 2.54 bits per heavy atom. The molecule has 5 nitrogen and oxygen atoms in total. The molecular formula is C23H38O5. The van der Waals surface area contributed by atoms with Crippen LogP contribution in [0, 0.1) is 17.3 Å². The van der Waals surface area contributed by atoms with Crippen LogP contribution in [0.25, 0.3) is 0 Å². The summed E-state index contributed by atoms with van der Waals surface area (Å²) in [5.41, 5.74) is 0.00816. The zero-order chi connectivity index (χ0) is 20.6. The fraction of sp³-hybridized carbons (Fsp3) is 0.783. The van der Waals surface area contributed by atoms with Gasteiger partial charge < -0.3 is 20.4 Å². The summed E-state index contributed by atoms with van der Waals surface area (Å²) in [7, 11) is 0. The maximum absolute atomic E-state index is 10.8. The number of carboxylic acids is 1. The number of hydrogen-bond acceptors (Lipinski definition) is 4. The first kappa shape index (κ1) is 23.1. The molecule has 4 N–H and O–H groups in total. The summed E-state index contributed by atoms with van der Waals surface area (Å²) in [4.78, 5) is 10.5. The lowest BCUT2D eigenvalue weighted by Gasteiger charge is -2.45. The molecule has 1 unspecified atom stereocenters. The molecule has 0 amide bonds. The minimum atomic E-state index is -0.783. The highest BCUT2D eigenvalue weighted by molar-refractivity contribution is 5.66. The number of carboxylic acid groups (broad SMARTS) is 1. The number of aliphatic carboxylic acids is 1. The fourth-order valence-corrected chi connectivity index (χ4v) is 4.74. The van der Waals surface area contributed by atoms with Gasteiger partial charge in [-0.2, -0.15) is 0 Å². The van der Waals surface area contributed by atoms with Gasteiger partial charge in [-0.05, 0) is 49.9 Å².